The molecule has 0 aliphatic rings. The number of amides is 2. The van der Waals surface area contributed by atoms with E-state index in [1.807, 2.05) is 0 Å². The molecule has 0 unspecified atom stereocenters. The zero-order chi connectivity index (χ0) is 25.0. The zero-order valence-corrected chi connectivity index (χ0v) is 18.9. The van der Waals surface area contributed by atoms with Crippen LogP contribution >= 0.6 is 11.3 Å². The minimum Gasteiger partial charge on any atom is -0.375 e. The van der Waals surface area contributed by atoms with Crippen LogP contribution in [0.4, 0.5) is 29.7 Å². The second kappa shape index (κ2) is 9.98. The maximum Gasteiger partial charge on any atom is 0.416 e. The molecule has 0 fully saturated rings. The zero-order valence-electron chi connectivity index (χ0n) is 18.1. The summed E-state index contributed by atoms with van der Waals surface area (Å²) in [6, 6.07) is 17.9. The third kappa shape index (κ3) is 6.04. The Hall–Kier alpha value is -4.18. The molecule has 0 saturated carbocycles. The lowest BCUT2D eigenvalue weighted by molar-refractivity contribution is -0.137. The summed E-state index contributed by atoms with van der Waals surface area (Å²) >= 11 is 1.26. The highest BCUT2D eigenvalue weighted by Crippen LogP contribution is 2.32. The van der Waals surface area contributed by atoms with Gasteiger partial charge in [0.2, 0.25) is 5.91 Å². The predicted octanol–water partition coefficient (Wildman–Crippen LogP) is 5.84. The third-order valence-corrected chi connectivity index (χ3v) is 5.76. The number of nitrogens with two attached hydrogens (primary N) is 1. The highest BCUT2D eigenvalue weighted by Gasteiger charge is 2.30. The van der Waals surface area contributed by atoms with E-state index in [0.29, 0.717) is 38.9 Å². The Morgan fingerprint density at radius 1 is 0.886 bits per heavy atom. The number of nitrogens with zero attached hydrogens (tertiary/aromatic N) is 1. The Morgan fingerprint density at radius 3 is 2.11 bits per heavy atom. The van der Waals surface area contributed by atoms with Gasteiger partial charge in [-0.25, -0.2) is 4.98 Å². The number of hydrogen-bond donors (Lipinski definition) is 3. The number of rotatable bonds is 6. The van der Waals surface area contributed by atoms with E-state index in [0.717, 1.165) is 12.1 Å². The lowest BCUT2D eigenvalue weighted by Gasteiger charge is -2.12. The van der Waals surface area contributed by atoms with Crippen molar-refractivity contribution in [1.82, 2.24) is 4.98 Å². The summed E-state index contributed by atoms with van der Waals surface area (Å²) in [7, 11) is 0. The van der Waals surface area contributed by atoms with Crippen LogP contribution in [-0.4, -0.2) is 16.8 Å². The first-order chi connectivity index (χ1) is 16.7. The van der Waals surface area contributed by atoms with E-state index in [1.54, 1.807) is 53.9 Å². The van der Waals surface area contributed by atoms with Crippen molar-refractivity contribution >= 4 is 39.7 Å². The third-order valence-electron chi connectivity index (χ3n) is 5.03. The molecule has 0 saturated heterocycles. The summed E-state index contributed by atoms with van der Waals surface area (Å²) in [6.07, 6.45) is -4.34. The van der Waals surface area contributed by atoms with Crippen molar-refractivity contribution < 1.29 is 22.8 Å². The Balaban J connectivity index is 1.43. The van der Waals surface area contributed by atoms with Crippen LogP contribution in [0.2, 0.25) is 0 Å². The minimum atomic E-state index is -4.43. The van der Waals surface area contributed by atoms with Crippen molar-refractivity contribution in [3.05, 3.63) is 95.0 Å². The fourth-order valence-electron chi connectivity index (χ4n) is 3.38. The molecule has 4 rings (SSSR count). The van der Waals surface area contributed by atoms with Crippen molar-refractivity contribution in [3.8, 4) is 11.1 Å². The summed E-state index contributed by atoms with van der Waals surface area (Å²) in [5, 5.41) is 7.64. The van der Waals surface area contributed by atoms with Crippen molar-refractivity contribution in [2.24, 2.45) is 0 Å². The van der Waals surface area contributed by atoms with Gasteiger partial charge in [0.15, 0.2) is 5.13 Å². The number of nitrogen functional groups attached to an aromatic ring is 1. The summed E-state index contributed by atoms with van der Waals surface area (Å²) in [4.78, 5) is 29.1. The minimum absolute atomic E-state index is 0.0902. The van der Waals surface area contributed by atoms with E-state index in [4.69, 9.17) is 5.73 Å². The Bertz CT molecular complexity index is 1350. The van der Waals surface area contributed by atoms with Crippen LogP contribution in [-0.2, 0) is 17.4 Å². The van der Waals surface area contributed by atoms with Gasteiger partial charge in [-0.1, -0.05) is 30.3 Å². The highest BCUT2D eigenvalue weighted by molar-refractivity contribution is 7.13. The van der Waals surface area contributed by atoms with E-state index in [2.05, 4.69) is 15.6 Å². The van der Waals surface area contributed by atoms with Gasteiger partial charge in [-0.2, -0.15) is 13.2 Å². The molecular weight excluding hydrogens is 477 g/mol. The van der Waals surface area contributed by atoms with E-state index in [-0.39, 0.29) is 12.3 Å². The van der Waals surface area contributed by atoms with E-state index in [1.165, 1.54) is 23.5 Å². The van der Waals surface area contributed by atoms with Gasteiger partial charge in [0, 0.05) is 22.3 Å². The van der Waals surface area contributed by atoms with Gasteiger partial charge in [-0.15, -0.1) is 11.3 Å². The summed E-state index contributed by atoms with van der Waals surface area (Å²) < 4.78 is 38.6. The molecule has 178 valence electrons. The summed E-state index contributed by atoms with van der Waals surface area (Å²) in [5.74, 6) is -0.670. The first-order valence-electron chi connectivity index (χ1n) is 10.4. The average molecular weight is 497 g/mol. The number of carbonyl (C=O) groups excluding carboxylic acids is 2. The standard InChI is InChI=1S/C25H19F3N4O2S/c26-25(27,28)16-7-5-15(6-8-16)20-3-1-2-4-21(20)23(34)31-18-11-9-17(10-12-18)30-22(33)13-19-14-35-24(29)32-19/h1-12,14H,13H2,(H2,29,32)(H,30,33)(H,31,34). The molecule has 10 heteroatoms. The van der Waals surface area contributed by atoms with Crippen LogP contribution in [0.1, 0.15) is 21.6 Å². The molecule has 4 aromatic rings. The number of nitrogens with one attached hydrogen (secondary N) is 2. The van der Waals surface area contributed by atoms with Gasteiger partial charge in [-0.05, 0) is 53.6 Å². The lowest BCUT2D eigenvalue weighted by atomic mass is 9.98. The largest absolute Gasteiger partial charge is 0.416 e. The van der Waals surface area contributed by atoms with Crippen molar-refractivity contribution in [2.45, 2.75) is 12.6 Å². The van der Waals surface area contributed by atoms with E-state index in [9.17, 15) is 22.8 Å². The lowest BCUT2D eigenvalue weighted by Crippen LogP contribution is -2.15. The monoisotopic (exact) mass is 496 g/mol. The van der Waals surface area contributed by atoms with Gasteiger partial charge < -0.3 is 16.4 Å². The number of aromatic nitrogens is 1. The molecule has 1 aromatic heterocycles. The number of alkyl halides is 3. The molecule has 0 aliphatic heterocycles. The fraction of sp³-hybridized carbons (Fsp3) is 0.0800. The SMILES string of the molecule is Nc1nc(CC(=O)Nc2ccc(NC(=O)c3ccccc3-c3ccc(C(F)(F)F)cc3)cc2)cs1. The normalized spacial score (nSPS) is 11.2. The van der Waals surface area contributed by atoms with Crippen LogP contribution in [0, 0.1) is 0 Å². The van der Waals surface area contributed by atoms with Crippen molar-refractivity contribution in [2.75, 3.05) is 16.4 Å². The van der Waals surface area contributed by atoms with Crippen molar-refractivity contribution in [1.29, 1.82) is 0 Å². The molecule has 3 aromatic carbocycles. The molecule has 35 heavy (non-hydrogen) atoms. The molecule has 6 nitrogen and oxygen atoms in total. The molecule has 1 heterocycles. The van der Waals surface area contributed by atoms with Crippen molar-refractivity contribution in [3.63, 3.8) is 0 Å². The molecule has 0 aliphatic carbocycles. The van der Waals surface area contributed by atoms with Gasteiger partial charge in [0.25, 0.3) is 5.91 Å². The van der Waals surface area contributed by atoms with Crippen LogP contribution in [0.25, 0.3) is 11.1 Å². The second-order valence-electron chi connectivity index (χ2n) is 7.55. The Morgan fingerprint density at radius 2 is 1.51 bits per heavy atom. The number of halogens is 3. The molecule has 0 bridgehead atoms. The van der Waals surface area contributed by atoms with Gasteiger partial charge in [0.1, 0.15) is 0 Å². The van der Waals surface area contributed by atoms with Gasteiger partial charge in [0.05, 0.1) is 17.7 Å². The summed E-state index contributed by atoms with van der Waals surface area (Å²) in [6.45, 7) is 0. The number of benzene rings is 3. The summed E-state index contributed by atoms with van der Waals surface area (Å²) in [5.41, 5.74) is 7.73. The van der Waals surface area contributed by atoms with E-state index < -0.39 is 17.6 Å². The molecular formula is C25H19F3N4O2S. The Kier molecular flexibility index (Phi) is 6.83. The quantitative estimate of drug-likeness (QED) is 0.312. The number of thiazole rings is 1. The molecule has 0 spiro atoms. The first kappa shape index (κ1) is 24.0. The second-order valence-corrected chi connectivity index (χ2v) is 8.44. The average Bonchev–Trinajstić information content (AvgIpc) is 3.24. The topological polar surface area (TPSA) is 97.1 Å². The van der Waals surface area contributed by atoms with Crippen LogP contribution < -0.4 is 16.4 Å². The predicted molar refractivity (Wildman–Crippen MR) is 130 cm³/mol. The molecule has 0 radical (unpaired) electrons. The maximum atomic E-state index is 12.9. The number of hydrogen-bond acceptors (Lipinski definition) is 5. The maximum absolute atomic E-state index is 12.9. The number of anilines is 3. The van der Waals surface area contributed by atoms with Crippen LogP contribution in [0.3, 0.4) is 0 Å². The highest BCUT2D eigenvalue weighted by atomic mass is 32.1. The van der Waals surface area contributed by atoms with Gasteiger partial charge >= 0.3 is 6.18 Å². The molecule has 0 atom stereocenters. The van der Waals surface area contributed by atoms with Crippen LogP contribution in [0.15, 0.2) is 78.2 Å². The fourth-order valence-corrected chi connectivity index (χ4v) is 3.94. The molecule has 4 N–H and O–H groups in total. The smallest absolute Gasteiger partial charge is 0.375 e. The Labute approximate surface area is 202 Å². The van der Waals surface area contributed by atoms with E-state index >= 15 is 0 Å². The van der Waals surface area contributed by atoms with Crippen LogP contribution in [0.5, 0.6) is 0 Å². The first-order valence-corrected chi connectivity index (χ1v) is 11.2. The number of carbonyl (C=O) groups is 2. The van der Waals surface area contributed by atoms with Gasteiger partial charge in [-0.3, -0.25) is 9.59 Å². The molecule has 2 amide bonds.